The number of hydrogen-bond acceptors (Lipinski definition) is 6. The molecule has 0 radical (unpaired) electrons. The van der Waals surface area contributed by atoms with Crippen LogP contribution >= 0.6 is 11.6 Å². The van der Waals surface area contributed by atoms with E-state index in [0.717, 1.165) is 54.1 Å². The first-order chi connectivity index (χ1) is 16.4. The fraction of sp³-hybridized carbons (Fsp3) is 0.200. The average Bonchev–Trinajstić information content (AvgIpc) is 3.50. The highest BCUT2D eigenvalue weighted by atomic mass is 35.5. The molecule has 2 N–H and O–H groups in total. The number of anilines is 1. The van der Waals surface area contributed by atoms with Gasteiger partial charge in [0, 0.05) is 25.7 Å². The predicted molar refractivity (Wildman–Crippen MR) is 133 cm³/mol. The van der Waals surface area contributed by atoms with Gasteiger partial charge < -0.3 is 15.4 Å². The van der Waals surface area contributed by atoms with Crippen LogP contribution in [0.3, 0.4) is 0 Å². The minimum Gasteiger partial charge on any atom is -0.457 e. The highest BCUT2D eigenvalue weighted by Gasteiger charge is 2.18. The molecule has 0 unspecified atom stereocenters. The number of nitrogen functional groups attached to an aromatic ring is 1. The molecule has 0 spiro atoms. The van der Waals surface area contributed by atoms with Crippen LogP contribution in [0.15, 0.2) is 72.5 Å². The van der Waals surface area contributed by atoms with Gasteiger partial charge in [0.05, 0.1) is 10.4 Å². The molecule has 0 aliphatic carbocycles. The molecule has 8 nitrogen and oxygen atoms in total. The van der Waals surface area contributed by atoms with E-state index < -0.39 is 0 Å². The molecule has 0 bridgehead atoms. The molecule has 0 atom stereocenters. The second-order valence-electron chi connectivity index (χ2n) is 7.77. The number of aryl methyl sites for hydroxylation is 1. The number of carbonyl (C=O) groups is 1. The van der Waals surface area contributed by atoms with Crippen LogP contribution in [0, 0.1) is 0 Å². The van der Waals surface area contributed by atoms with Gasteiger partial charge in [-0.3, -0.25) is 4.79 Å². The van der Waals surface area contributed by atoms with Gasteiger partial charge in [0.25, 0.3) is 5.91 Å². The Morgan fingerprint density at radius 1 is 1.03 bits per heavy atom. The molecule has 5 rings (SSSR count). The Balaban J connectivity index is 0.000000231. The minimum atomic E-state index is -0.112. The number of halogens is 1. The van der Waals surface area contributed by atoms with Crippen LogP contribution in [0.5, 0.6) is 11.5 Å². The summed E-state index contributed by atoms with van der Waals surface area (Å²) in [5, 5.41) is 5.42. The van der Waals surface area contributed by atoms with Crippen LogP contribution in [0.25, 0.3) is 22.3 Å². The number of rotatable bonds is 4. The molecule has 2 aromatic heterocycles. The van der Waals surface area contributed by atoms with Crippen molar-refractivity contribution in [2.75, 3.05) is 18.8 Å². The summed E-state index contributed by atoms with van der Waals surface area (Å²) in [6.45, 7) is 5.05. The lowest BCUT2D eigenvalue weighted by Crippen LogP contribution is -2.27. The zero-order valence-electron chi connectivity index (χ0n) is 18.8. The Hall–Kier alpha value is -3.91. The van der Waals surface area contributed by atoms with E-state index in [1.165, 1.54) is 6.33 Å². The first kappa shape index (κ1) is 23.3. The molecule has 1 aliphatic heterocycles. The quantitative estimate of drug-likeness (QED) is 0.426. The van der Waals surface area contributed by atoms with Crippen molar-refractivity contribution in [2.45, 2.75) is 12.8 Å². The molecular formula is C25H25ClN6O2. The van der Waals surface area contributed by atoms with Crippen LogP contribution in [0.1, 0.15) is 12.8 Å². The highest BCUT2D eigenvalue weighted by Crippen LogP contribution is 2.31. The summed E-state index contributed by atoms with van der Waals surface area (Å²) in [5.41, 5.74) is 8.41. The molecule has 1 aliphatic rings. The van der Waals surface area contributed by atoms with Gasteiger partial charge in [-0.25, -0.2) is 14.6 Å². The Morgan fingerprint density at radius 3 is 2.32 bits per heavy atom. The number of likely N-dealkylation sites (tertiary alicyclic amines) is 1. The van der Waals surface area contributed by atoms with E-state index in [2.05, 4.69) is 21.6 Å². The Labute approximate surface area is 202 Å². The number of benzene rings is 2. The Bertz CT molecular complexity index is 1300. The van der Waals surface area contributed by atoms with Crippen molar-refractivity contribution in [3.8, 4) is 22.8 Å². The van der Waals surface area contributed by atoms with Crippen molar-refractivity contribution < 1.29 is 9.53 Å². The third-order valence-electron chi connectivity index (χ3n) is 5.38. The monoisotopic (exact) mass is 476 g/mol. The summed E-state index contributed by atoms with van der Waals surface area (Å²) in [6, 6.07) is 17.4. The number of aromatic nitrogens is 4. The van der Waals surface area contributed by atoms with E-state index in [1.807, 2.05) is 61.6 Å². The van der Waals surface area contributed by atoms with Gasteiger partial charge in [0.1, 0.15) is 29.3 Å². The van der Waals surface area contributed by atoms with Crippen LogP contribution < -0.4 is 10.5 Å². The van der Waals surface area contributed by atoms with E-state index in [9.17, 15) is 4.79 Å². The van der Waals surface area contributed by atoms with E-state index in [1.54, 1.807) is 9.58 Å². The first-order valence-electron chi connectivity index (χ1n) is 10.8. The molecule has 0 saturated carbocycles. The summed E-state index contributed by atoms with van der Waals surface area (Å²) in [6.07, 6.45) is 3.63. The van der Waals surface area contributed by atoms with Crippen LogP contribution in [-0.2, 0) is 11.8 Å². The lowest BCUT2D eigenvalue weighted by Gasteiger charge is -2.12. The van der Waals surface area contributed by atoms with Crippen LogP contribution in [0.4, 0.5) is 5.82 Å². The number of hydrogen-bond donors (Lipinski definition) is 1. The molecule has 9 heteroatoms. The third kappa shape index (κ3) is 5.18. The maximum Gasteiger partial charge on any atom is 0.264 e. The molecule has 174 valence electrons. The van der Waals surface area contributed by atoms with Gasteiger partial charge in [-0.05, 0) is 49.2 Å². The normalized spacial score (nSPS) is 12.8. The maximum absolute atomic E-state index is 11.0. The Morgan fingerprint density at radius 2 is 1.68 bits per heavy atom. The molecule has 4 aromatic rings. The van der Waals surface area contributed by atoms with Gasteiger partial charge >= 0.3 is 0 Å². The number of nitrogens with zero attached hydrogens (tertiary/aromatic N) is 5. The fourth-order valence-electron chi connectivity index (χ4n) is 3.71. The number of fused-ring (bicyclic) bond motifs is 1. The molecule has 34 heavy (non-hydrogen) atoms. The van der Waals surface area contributed by atoms with Crippen molar-refractivity contribution in [3.05, 3.63) is 72.5 Å². The summed E-state index contributed by atoms with van der Waals surface area (Å²) >= 11 is 5.42. The van der Waals surface area contributed by atoms with E-state index in [-0.39, 0.29) is 10.9 Å². The van der Waals surface area contributed by atoms with E-state index in [4.69, 9.17) is 22.1 Å². The largest absolute Gasteiger partial charge is 0.457 e. The lowest BCUT2D eigenvalue weighted by molar-refractivity contribution is -0.125. The number of ether oxygens (including phenoxy) is 1. The average molecular weight is 477 g/mol. The Kier molecular flexibility index (Phi) is 7.08. The van der Waals surface area contributed by atoms with E-state index >= 15 is 0 Å². The second-order valence-corrected chi connectivity index (χ2v) is 8.23. The van der Waals surface area contributed by atoms with Gasteiger partial charge in [-0.15, -0.1) is 0 Å². The molecule has 1 fully saturated rings. The molecular weight excluding hydrogens is 452 g/mol. The van der Waals surface area contributed by atoms with Gasteiger partial charge in [0.15, 0.2) is 5.65 Å². The predicted octanol–water partition coefficient (Wildman–Crippen LogP) is 4.77. The van der Waals surface area contributed by atoms with Gasteiger partial charge in [-0.1, -0.05) is 36.4 Å². The first-order valence-corrected chi connectivity index (χ1v) is 11.2. The number of amides is 1. The maximum atomic E-state index is 11.0. The van der Waals surface area contributed by atoms with Gasteiger partial charge in [0.2, 0.25) is 0 Å². The molecule has 1 amide bonds. The number of para-hydroxylation sites is 1. The molecule has 2 aromatic carbocycles. The van der Waals surface area contributed by atoms with Crippen molar-refractivity contribution in [1.82, 2.24) is 24.6 Å². The SMILES string of the molecule is C=C(Cl)C(=O)N1CCCC1.Cn1nc(-c2ccc(Oc3ccccc3)cc2)c2c(N)ncnc21. The molecule has 3 heterocycles. The highest BCUT2D eigenvalue weighted by molar-refractivity contribution is 6.41. The smallest absolute Gasteiger partial charge is 0.264 e. The van der Waals surface area contributed by atoms with Crippen molar-refractivity contribution >= 4 is 34.4 Å². The van der Waals surface area contributed by atoms with Crippen LogP contribution in [0.2, 0.25) is 0 Å². The number of nitrogens with two attached hydrogens (primary N) is 1. The fourth-order valence-corrected chi connectivity index (χ4v) is 3.83. The zero-order valence-corrected chi connectivity index (χ0v) is 19.6. The third-order valence-corrected chi connectivity index (χ3v) is 5.54. The van der Waals surface area contributed by atoms with Crippen LogP contribution in [-0.4, -0.2) is 43.6 Å². The summed E-state index contributed by atoms with van der Waals surface area (Å²) in [7, 11) is 1.84. The van der Waals surface area contributed by atoms with Crippen molar-refractivity contribution in [1.29, 1.82) is 0 Å². The summed E-state index contributed by atoms with van der Waals surface area (Å²) in [5.74, 6) is 1.87. The van der Waals surface area contributed by atoms with E-state index in [0.29, 0.717) is 11.5 Å². The topological polar surface area (TPSA) is 99.2 Å². The lowest BCUT2D eigenvalue weighted by atomic mass is 10.1. The summed E-state index contributed by atoms with van der Waals surface area (Å²) in [4.78, 5) is 21.1. The van der Waals surface area contributed by atoms with Crippen molar-refractivity contribution in [3.63, 3.8) is 0 Å². The van der Waals surface area contributed by atoms with Gasteiger partial charge in [-0.2, -0.15) is 5.10 Å². The number of carbonyl (C=O) groups excluding carboxylic acids is 1. The standard InChI is InChI=1S/C18H15N5O.C7H10ClNO/c1-23-18-15(17(19)20-11-21-18)16(22-23)12-7-9-14(10-8-12)24-13-5-3-2-4-6-13;1-6(8)7(10)9-4-2-3-5-9/h2-11H,1H3,(H2,19,20,21);1-5H2. The second kappa shape index (κ2) is 10.4. The summed E-state index contributed by atoms with van der Waals surface area (Å²) < 4.78 is 7.52. The molecule has 1 saturated heterocycles. The minimum absolute atomic E-state index is 0.112. The van der Waals surface area contributed by atoms with Crippen molar-refractivity contribution in [2.24, 2.45) is 7.05 Å². The zero-order chi connectivity index (χ0) is 24.1.